The highest BCUT2D eigenvalue weighted by atomic mass is 14.5. The van der Waals surface area contributed by atoms with Crippen LogP contribution in [-0.2, 0) is 0 Å². The van der Waals surface area contributed by atoms with E-state index in [0.717, 1.165) is 24.9 Å². The first-order valence-electron chi connectivity index (χ1n) is 5.27. The van der Waals surface area contributed by atoms with Crippen LogP contribution < -0.4 is 11.5 Å². The summed E-state index contributed by atoms with van der Waals surface area (Å²) >= 11 is 0. The van der Waals surface area contributed by atoms with Gasteiger partial charge in [0.1, 0.15) is 0 Å². The topological polar surface area (TPSA) is 52.0 Å². The SMILES string of the molecule is NCC[C@@H]1CCC[C@@H](CCN)C1. The standard InChI is InChI=1S/C10H22N2/c11-6-4-9-2-1-3-10(8-9)5-7-12/h9-10H,1-8,11-12H2/t9-,10-/m0/s1. The molecule has 1 rings (SSSR count). The molecule has 72 valence electrons. The molecule has 0 amide bonds. The van der Waals surface area contributed by atoms with E-state index in [-0.39, 0.29) is 0 Å². The molecule has 0 aromatic rings. The van der Waals surface area contributed by atoms with Crippen molar-refractivity contribution >= 4 is 0 Å². The zero-order chi connectivity index (χ0) is 8.81. The van der Waals surface area contributed by atoms with Gasteiger partial charge >= 0.3 is 0 Å². The zero-order valence-electron chi connectivity index (χ0n) is 7.97. The maximum atomic E-state index is 5.55. The van der Waals surface area contributed by atoms with Gasteiger partial charge in [0.2, 0.25) is 0 Å². The van der Waals surface area contributed by atoms with Crippen molar-refractivity contribution in [2.75, 3.05) is 13.1 Å². The van der Waals surface area contributed by atoms with E-state index in [1.807, 2.05) is 0 Å². The lowest BCUT2D eigenvalue weighted by Gasteiger charge is -2.28. The summed E-state index contributed by atoms with van der Waals surface area (Å²) in [5.41, 5.74) is 11.1. The second-order valence-electron chi connectivity index (χ2n) is 4.05. The van der Waals surface area contributed by atoms with Gasteiger partial charge in [0.05, 0.1) is 0 Å². The molecule has 1 aliphatic carbocycles. The molecule has 1 fully saturated rings. The van der Waals surface area contributed by atoms with Gasteiger partial charge in [-0.05, 0) is 44.2 Å². The molecule has 0 aliphatic heterocycles. The van der Waals surface area contributed by atoms with Gasteiger partial charge in [0, 0.05) is 0 Å². The van der Waals surface area contributed by atoms with Crippen LogP contribution in [0, 0.1) is 11.8 Å². The van der Waals surface area contributed by atoms with Crippen LogP contribution in [0.15, 0.2) is 0 Å². The lowest BCUT2D eigenvalue weighted by molar-refractivity contribution is 0.249. The summed E-state index contributed by atoms with van der Waals surface area (Å²) in [5.74, 6) is 1.81. The Morgan fingerprint density at radius 1 is 0.917 bits per heavy atom. The van der Waals surface area contributed by atoms with Crippen LogP contribution in [0.3, 0.4) is 0 Å². The lowest BCUT2D eigenvalue weighted by Crippen LogP contribution is -2.20. The van der Waals surface area contributed by atoms with Gasteiger partial charge in [0.25, 0.3) is 0 Å². The zero-order valence-corrected chi connectivity index (χ0v) is 7.97. The van der Waals surface area contributed by atoms with Gasteiger partial charge in [-0.2, -0.15) is 0 Å². The number of hydrogen-bond donors (Lipinski definition) is 2. The van der Waals surface area contributed by atoms with Gasteiger partial charge in [-0.1, -0.05) is 19.3 Å². The fourth-order valence-corrected chi connectivity index (χ4v) is 2.40. The third-order valence-electron chi connectivity index (χ3n) is 3.04. The van der Waals surface area contributed by atoms with Crippen LogP contribution in [0.1, 0.15) is 38.5 Å². The summed E-state index contributed by atoms with van der Waals surface area (Å²) in [6, 6.07) is 0. The van der Waals surface area contributed by atoms with Gasteiger partial charge in [-0.15, -0.1) is 0 Å². The molecule has 0 unspecified atom stereocenters. The maximum absolute atomic E-state index is 5.55. The second-order valence-corrected chi connectivity index (χ2v) is 4.05. The third-order valence-corrected chi connectivity index (χ3v) is 3.04. The predicted octanol–water partition coefficient (Wildman–Crippen LogP) is 1.49. The molecule has 2 nitrogen and oxygen atoms in total. The molecule has 0 aromatic carbocycles. The summed E-state index contributed by atoms with van der Waals surface area (Å²) in [7, 11) is 0. The quantitative estimate of drug-likeness (QED) is 0.671. The monoisotopic (exact) mass is 170 g/mol. The summed E-state index contributed by atoms with van der Waals surface area (Å²) in [6.07, 6.45) is 8.03. The van der Waals surface area contributed by atoms with Crippen LogP contribution in [-0.4, -0.2) is 13.1 Å². The minimum atomic E-state index is 0.861. The number of hydrogen-bond acceptors (Lipinski definition) is 2. The Labute approximate surface area is 75.7 Å². The van der Waals surface area contributed by atoms with E-state index in [4.69, 9.17) is 11.5 Å². The van der Waals surface area contributed by atoms with Crippen LogP contribution in [0.25, 0.3) is 0 Å². The molecular formula is C10H22N2. The average Bonchev–Trinajstić information content (AvgIpc) is 2.06. The van der Waals surface area contributed by atoms with Gasteiger partial charge in [0.15, 0.2) is 0 Å². The Hall–Kier alpha value is -0.0800. The highest BCUT2D eigenvalue weighted by Crippen LogP contribution is 2.32. The molecule has 0 aromatic heterocycles. The molecular weight excluding hydrogens is 148 g/mol. The molecule has 1 aliphatic rings. The van der Waals surface area contributed by atoms with Crippen molar-refractivity contribution in [1.29, 1.82) is 0 Å². The van der Waals surface area contributed by atoms with Crippen molar-refractivity contribution in [2.45, 2.75) is 38.5 Å². The number of rotatable bonds is 4. The first kappa shape index (κ1) is 10.0. The lowest BCUT2D eigenvalue weighted by atomic mass is 9.78. The molecule has 0 spiro atoms. The molecule has 4 N–H and O–H groups in total. The van der Waals surface area contributed by atoms with E-state index >= 15 is 0 Å². The van der Waals surface area contributed by atoms with Crippen LogP contribution in [0.4, 0.5) is 0 Å². The largest absolute Gasteiger partial charge is 0.330 e. The Morgan fingerprint density at radius 3 is 1.83 bits per heavy atom. The summed E-state index contributed by atoms with van der Waals surface area (Å²) in [4.78, 5) is 0. The van der Waals surface area contributed by atoms with Crippen LogP contribution in [0.2, 0.25) is 0 Å². The van der Waals surface area contributed by atoms with Crippen molar-refractivity contribution in [2.24, 2.45) is 23.3 Å². The number of nitrogens with two attached hydrogens (primary N) is 2. The molecule has 12 heavy (non-hydrogen) atoms. The molecule has 1 saturated carbocycles. The summed E-state index contributed by atoms with van der Waals surface area (Å²) in [5, 5.41) is 0. The maximum Gasteiger partial charge on any atom is -0.00746 e. The average molecular weight is 170 g/mol. The van der Waals surface area contributed by atoms with Crippen molar-refractivity contribution in [3.63, 3.8) is 0 Å². The summed E-state index contributed by atoms with van der Waals surface area (Å²) < 4.78 is 0. The van der Waals surface area contributed by atoms with E-state index in [0.29, 0.717) is 0 Å². The van der Waals surface area contributed by atoms with Crippen molar-refractivity contribution in [3.05, 3.63) is 0 Å². The molecule has 0 bridgehead atoms. The van der Waals surface area contributed by atoms with Crippen LogP contribution in [0.5, 0.6) is 0 Å². The molecule has 0 heterocycles. The van der Waals surface area contributed by atoms with E-state index in [1.54, 1.807) is 0 Å². The van der Waals surface area contributed by atoms with E-state index < -0.39 is 0 Å². The van der Waals surface area contributed by atoms with E-state index in [1.165, 1.54) is 38.5 Å². The molecule has 0 saturated heterocycles. The fraction of sp³-hybridized carbons (Fsp3) is 1.00. The normalized spacial score (nSPS) is 30.5. The third kappa shape index (κ3) is 3.11. The fourth-order valence-electron chi connectivity index (χ4n) is 2.40. The summed E-state index contributed by atoms with van der Waals surface area (Å²) in [6.45, 7) is 1.72. The van der Waals surface area contributed by atoms with E-state index in [2.05, 4.69) is 0 Å². The predicted molar refractivity (Wildman–Crippen MR) is 52.8 cm³/mol. The Balaban J connectivity index is 2.20. The Morgan fingerprint density at radius 2 is 1.42 bits per heavy atom. The Kier molecular flexibility index (Phi) is 4.62. The first-order valence-corrected chi connectivity index (χ1v) is 5.27. The van der Waals surface area contributed by atoms with Gasteiger partial charge in [-0.3, -0.25) is 0 Å². The highest BCUT2D eigenvalue weighted by molar-refractivity contribution is 4.73. The molecule has 0 radical (unpaired) electrons. The highest BCUT2D eigenvalue weighted by Gasteiger charge is 2.20. The first-order chi connectivity index (χ1) is 5.86. The van der Waals surface area contributed by atoms with Gasteiger partial charge in [-0.25, -0.2) is 0 Å². The van der Waals surface area contributed by atoms with E-state index in [9.17, 15) is 0 Å². The van der Waals surface area contributed by atoms with Crippen LogP contribution >= 0.6 is 0 Å². The minimum Gasteiger partial charge on any atom is -0.330 e. The van der Waals surface area contributed by atoms with Crippen molar-refractivity contribution in [3.8, 4) is 0 Å². The minimum absolute atomic E-state index is 0.861. The second kappa shape index (κ2) is 5.55. The van der Waals surface area contributed by atoms with Crippen molar-refractivity contribution < 1.29 is 0 Å². The molecule has 2 atom stereocenters. The smallest absolute Gasteiger partial charge is 0.00746 e. The molecule has 2 heteroatoms. The van der Waals surface area contributed by atoms with Crippen molar-refractivity contribution in [1.82, 2.24) is 0 Å². The Bertz CT molecular complexity index is 98.4. The van der Waals surface area contributed by atoms with Gasteiger partial charge < -0.3 is 11.5 Å².